The van der Waals surface area contributed by atoms with Gasteiger partial charge in [-0.3, -0.25) is 52.7 Å². The molecule has 0 aromatic carbocycles. The number of hydrogen-bond acceptors (Lipinski definition) is 31. The minimum atomic E-state index is -1.53. The van der Waals surface area contributed by atoms with Gasteiger partial charge in [0.25, 0.3) is 0 Å². The van der Waals surface area contributed by atoms with Crippen molar-refractivity contribution in [1.82, 2.24) is 53.2 Å². The van der Waals surface area contributed by atoms with Gasteiger partial charge in [0.15, 0.2) is 30.9 Å². The van der Waals surface area contributed by atoms with Gasteiger partial charge in [0.1, 0.15) is 72.9 Å². The van der Waals surface area contributed by atoms with Crippen LogP contribution >= 0.6 is 0 Å². The molecule has 0 aliphatic carbocycles. The van der Waals surface area contributed by atoms with Crippen LogP contribution in [-0.2, 0) is 90.6 Å². The Labute approximate surface area is 672 Å². The first-order valence-electron chi connectivity index (χ1n) is 39.7. The minimum absolute atomic E-state index is 0.0157. The molecule has 0 saturated carbocycles. The van der Waals surface area contributed by atoms with Gasteiger partial charge >= 0.3 is 0 Å². The first-order valence-corrected chi connectivity index (χ1v) is 39.7. The fourth-order valence-electron chi connectivity index (χ4n) is 11.6. The summed E-state index contributed by atoms with van der Waals surface area (Å²) in [6.45, 7) is 6.46. The average Bonchev–Trinajstić information content (AvgIpc) is 0.807. The summed E-state index contributed by atoms with van der Waals surface area (Å²) in [6, 6.07) is -7.60. The lowest BCUT2D eigenvalue weighted by atomic mass is 9.97. The van der Waals surface area contributed by atoms with Gasteiger partial charge in [-0.25, -0.2) is 0 Å². The number of aliphatic hydroxyl groups excluding tert-OH is 12. The second-order valence-electron chi connectivity index (χ2n) is 28.5. The van der Waals surface area contributed by atoms with Gasteiger partial charge in [0, 0.05) is 99.4 Å². The molecule has 668 valence electrons. The van der Waals surface area contributed by atoms with Crippen LogP contribution < -0.4 is 53.2 Å². The molecule has 20 atom stereocenters. The predicted octanol–water partition coefficient (Wildman–Crippen LogP) is -5.68. The molecule has 1 aliphatic heterocycles. The van der Waals surface area contributed by atoms with Crippen LogP contribution in [0.1, 0.15) is 190 Å². The van der Waals surface area contributed by atoms with Crippen molar-refractivity contribution in [2.24, 2.45) is 0 Å². The standard InChI is InChI=1S/C74H136N10O31/c1-44(92)52(84-70(107)54(83-65(103)29-14-21-35-110-73(57(39-87)80-50(7)98)114-60(42-90)47(4)95)25-11-17-31-76-63(101)27-13-20-34-109-72(56(38-86)79-49(6)97)113-59(41-89)46(3)94)23-9-18-32-77-69(106)53(82-64(102)28-15-22-36-111-74-66(81-51(8)99)68(105)67(104)61(43-91)115-74)24-10-16-30-75-62(100)26-12-19-33-108-71(55(37-85)78-48(5)96)112-58(40-88)45(2)93/h45-47,52-61,66-68,71-74,85-91,93-95,104-105H,9-43H2,1-8H3,(H,75,100)(H,76,101)(H,77,106)(H,78,96)(H,79,97)(H,80,98)(H,81,99)(H,82,102)(H,83,103)(H,84,107)/t45-,46-,47-,52?,53?,54?,55+,56+,57+,58?,59?,60?,61?,66?,67?,68?,71?,72?,73?,74?/m1/s1. The van der Waals surface area contributed by atoms with Crippen LogP contribution in [0.15, 0.2) is 0 Å². The molecule has 1 saturated heterocycles. The Kier molecular flexibility index (Phi) is 58.1. The van der Waals surface area contributed by atoms with Gasteiger partial charge in [-0.1, -0.05) is 0 Å². The van der Waals surface area contributed by atoms with Crippen LogP contribution in [-0.4, -0.2) is 341 Å². The lowest BCUT2D eigenvalue weighted by molar-refractivity contribution is -0.270. The molecule has 0 bridgehead atoms. The van der Waals surface area contributed by atoms with Crippen molar-refractivity contribution in [2.75, 3.05) is 92.3 Å². The van der Waals surface area contributed by atoms with E-state index in [2.05, 4.69) is 53.2 Å². The molecule has 1 aliphatic rings. The largest absolute Gasteiger partial charge is 0.394 e. The van der Waals surface area contributed by atoms with E-state index in [9.17, 15) is 114 Å². The monoisotopic (exact) mass is 1660 g/mol. The topological polar surface area (TPSA) is 625 Å². The molecule has 14 unspecified atom stereocenters. The molecule has 1 fully saturated rings. The highest BCUT2D eigenvalue weighted by molar-refractivity contribution is 5.92. The number of carbonyl (C=O) groups excluding carboxylic acids is 11. The van der Waals surface area contributed by atoms with E-state index in [0.29, 0.717) is 51.4 Å². The van der Waals surface area contributed by atoms with E-state index in [4.69, 9.17) is 37.9 Å². The van der Waals surface area contributed by atoms with Gasteiger partial charge in [0.05, 0.1) is 70.6 Å². The number of amides is 10. The SMILES string of the molecule is CC(=O)NC1C(OCCCCC(=O)NC(CCCCNC(=O)CCCCOC(OC(CO)[C@@H](C)O)[C@H](CO)NC(C)=O)C(=O)NCCCCC(NC(=O)C(CCCCNC(=O)CCCCOC(OC(CO)[C@@H](C)O)[C@H](CO)NC(C)=O)NC(=O)CCCCOC(OC(CO)[C@@H](C)O)[C@H](CO)NC(C)=O)C(C)=O)OC(CO)C(O)C1O. The van der Waals surface area contributed by atoms with Gasteiger partial charge < -0.3 is 152 Å². The molecule has 0 aromatic heterocycles. The summed E-state index contributed by atoms with van der Waals surface area (Å²) >= 11 is 0. The number of ether oxygens (including phenoxy) is 8. The molecule has 0 spiro atoms. The van der Waals surface area contributed by atoms with E-state index in [0.717, 1.165) is 0 Å². The second kappa shape index (κ2) is 62.7. The highest BCUT2D eigenvalue weighted by Gasteiger charge is 2.45. The third kappa shape index (κ3) is 47.1. The van der Waals surface area contributed by atoms with Crippen molar-refractivity contribution < 1.29 is 152 Å². The van der Waals surface area contributed by atoms with Gasteiger partial charge in [0.2, 0.25) is 59.1 Å². The third-order valence-electron chi connectivity index (χ3n) is 18.2. The number of rotatable bonds is 68. The molecule has 41 heteroatoms. The normalized spacial score (nSPS) is 19.5. The maximum Gasteiger partial charge on any atom is 0.243 e. The lowest BCUT2D eigenvalue weighted by Crippen LogP contribution is -2.64. The van der Waals surface area contributed by atoms with Gasteiger partial charge in [-0.05, 0) is 137 Å². The first kappa shape index (κ1) is 107. The fraction of sp³-hybridized carbons (Fsp3) is 0.851. The van der Waals surface area contributed by atoms with Gasteiger partial charge in [-0.2, -0.15) is 0 Å². The van der Waals surface area contributed by atoms with E-state index >= 15 is 0 Å². The summed E-state index contributed by atoms with van der Waals surface area (Å²) in [4.78, 5) is 141. The quantitative estimate of drug-likeness (QED) is 0.0199. The van der Waals surface area contributed by atoms with Crippen molar-refractivity contribution in [2.45, 2.75) is 313 Å². The van der Waals surface area contributed by atoms with Crippen molar-refractivity contribution in [3.63, 3.8) is 0 Å². The summed E-state index contributed by atoms with van der Waals surface area (Å²) in [6.07, 6.45) is -11.5. The molecular formula is C74H136N10O31. The number of hydrogen-bond donors (Lipinski definition) is 22. The lowest BCUT2D eigenvalue weighted by Gasteiger charge is -2.42. The maximum absolute atomic E-state index is 14.2. The third-order valence-corrected chi connectivity index (χ3v) is 18.2. The van der Waals surface area contributed by atoms with E-state index < -0.39 is 222 Å². The number of ketones is 1. The zero-order chi connectivity index (χ0) is 86.4. The number of carbonyl (C=O) groups is 11. The molecular weight excluding hydrogens is 1520 g/mol. The molecule has 1 heterocycles. The Morgan fingerprint density at radius 1 is 0.374 bits per heavy atom. The average molecular weight is 1660 g/mol. The van der Waals surface area contributed by atoms with Crippen LogP contribution in [0.3, 0.4) is 0 Å². The van der Waals surface area contributed by atoms with Crippen molar-refractivity contribution >= 4 is 64.9 Å². The number of Topliss-reactive ketones (excluding diaryl/α,β-unsaturated/α-hetero) is 1. The molecule has 41 nitrogen and oxygen atoms in total. The predicted molar refractivity (Wildman–Crippen MR) is 408 cm³/mol. The Balaban J connectivity index is 3.20. The van der Waals surface area contributed by atoms with Crippen molar-refractivity contribution in [3.05, 3.63) is 0 Å². The smallest absolute Gasteiger partial charge is 0.243 e. The summed E-state index contributed by atoms with van der Waals surface area (Å²) in [5.74, 6) is -5.33. The molecule has 115 heavy (non-hydrogen) atoms. The molecule has 10 amide bonds. The zero-order valence-electron chi connectivity index (χ0n) is 67.9. The minimum Gasteiger partial charge on any atom is -0.394 e. The summed E-state index contributed by atoms with van der Waals surface area (Å²) in [7, 11) is 0. The molecule has 0 aromatic rings. The van der Waals surface area contributed by atoms with Crippen LogP contribution in [0, 0.1) is 0 Å². The first-order chi connectivity index (χ1) is 54.7. The summed E-state index contributed by atoms with van der Waals surface area (Å²) < 4.78 is 45.7. The zero-order valence-corrected chi connectivity index (χ0v) is 67.9. The second-order valence-corrected chi connectivity index (χ2v) is 28.5. The van der Waals surface area contributed by atoms with Gasteiger partial charge in [-0.15, -0.1) is 0 Å². The Morgan fingerprint density at radius 3 is 1.05 bits per heavy atom. The number of unbranched alkanes of at least 4 members (excludes halogenated alkanes) is 7. The molecule has 0 radical (unpaired) electrons. The Morgan fingerprint density at radius 2 is 0.722 bits per heavy atom. The van der Waals surface area contributed by atoms with E-state index in [1.807, 2.05) is 0 Å². The Hall–Kier alpha value is -6.43. The molecule has 22 N–H and O–H groups in total. The van der Waals surface area contributed by atoms with E-state index in [1.165, 1.54) is 55.4 Å². The van der Waals surface area contributed by atoms with Crippen LogP contribution in [0.2, 0.25) is 0 Å². The van der Waals surface area contributed by atoms with Crippen LogP contribution in [0.4, 0.5) is 0 Å². The summed E-state index contributed by atoms with van der Waals surface area (Å²) in [5.41, 5.74) is 0. The fourth-order valence-corrected chi connectivity index (χ4v) is 11.6. The molecule has 1 rings (SSSR count). The van der Waals surface area contributed by atoms with Crippen molar-refractivity contribution in [1.29, 1.82) is 0 Å². The number of aliphatic hydroxyl groups is 12. The van der Waals surface area contributed by atoms with Crippen LogP contribution in [0.5, 0.6) is 0 Å². The van der Waals surface area contributed by atoms with Crippen LogP contribution in [0.25, 0.3) is 0 Å². The summed E-state index contributed by atoms with van der Waals surface area (Å²) in [5, 5.41) is 146. The highest BCUT2D eigenvalue weighted by Crippen LogP contribution is 2.23. The van der Waals surface area contributed by atoms with Crippen molar-refractivity contribution in [3.8, 4) is 0 Å². The maximum atomic E-state index is 14.2. The van der Waals surface area contributed by atoms with E-state index in [-0.39, 0.29) is 141 Å². The Bertz CT molecular complexity index is 2770. The van der Waals surface area contributed by atoms with E-state index in [1.54, 1.807) is 0 Å². The highest BCUT2D eigenvalue weighted by atomic mass is 16.7. The number of nitrogens with one attached hydrogen (secondary N) is 10.